The second kappa shape index (κ2) is 13.3. The fourth-order valence-corrected chi connectivity index (χ4v) is 2.72. The quantitative estimate of drug-likeness (QED) is 0.345. The van der Waals surface area contributed by atoms with Crippen molar-refractivity contribution in [3.05, 3.63) is 16.1 Å². The zero-order chi connectivity index (χ0) is 16.8. The number of ether oxygens (including phenoxy) is 2. The Balaban J connectivity index is 2.20. The normalized spacial score (nSPS) is 11.7. The van der Waals surface area contributed by atoms with Gasteiger partial charge in [-0.3, -0.25) is 4.99 Å². The molecule has 0 radical (unpaired) electrons. The Bertz CT molecular complexity index is 437. The predicted octanol–water partition coefficient (Wildman–Crippen LogP) is 1.86. The van der Waals surface area contributed by atoms with Crippen LogP contribution in [-0.4, -0.2) is 57.5 Å². The largest absolute Gasteiger partial charge is 0.382 e. The number of aryl methyl sites for hydroxylation is 1. The molecule has 6 nitrogen and oxygen atoms in total. The molecule has 0 aliphatic rings. The van der Waals surface area contributed by atoms with Gasteiger partial charge in [-0.15, -0.1) is 11.3 Å². The van der Waals surface area contributed by atoms with Crippen molar-refractivity contribution in [2.45, 2.75) is 33.1 Å². The zero-order valence-corrected chi connectivity index (χ0v) is 15.4. The highest BCUT2D eigenvalue weighted by molar-refractivity contribution is 7.11. The first-order valence-corrected chi connectivity index (χ1v) is 9.14. The smallest absolute Gasteiger partial charge is 0.191 e. The second-order valence-electron chi connectivity index (χ2n) is 4.97. The highest BCUT2D eigenvalue weighted by atomic mass is 32.1. The van der Waals surface area contributed by atoms with Gasteiger partial charge in [-0.1, -0.05) is 6.92 Å². The third kappa shape index (κ3) is 9.53. The number of thiazole rings is 1. The molecule has 23 heavy (non-hydrogen) atoms. The number of hydrogen-bond donors (Lipinski definition) is 2. The number of methoxy groups -OCH3 is 1. The first-order chi connectivity index (χ1) is 11.3. The van der Waals surface area contributed by atoms with Crippen LogP contribution in [0.5, 0.6) is 0 Å². The summed E-state index contributed by atoms with van der Waals surface area (Å²) in [6.07, 6.45) is 4.87. The van der Waals surface area contributed by atoms with Crippen LogP contribution in [0.4, 0.5) is 0 Å². The van der Waals surface area contributed by atoms with Gasteiger partial charge in [0.1, 0.15) is 0 Å². The Morgan fingerprint density at radius 3 is 2.83 bits per heavy atom. The minimum atomic E-state index is 0.643. The van der Waals surface area contributed by atoms with E-state index in [1.165, 1.54) is 9.88 Å². The number of guanidine groups is 1. The molecule has 0 saturated heterocycles. The average molecular weight is 343 g/mol. The van der Waals surface area contributed by atoms with Gasteiger partial charge in [-0.2, -0.15) is 0 Å². The molecule has 132 valence electrons. The topological polar surface area (TPSA) is 67.8 Å². The van der Waals surface area contributed by atoms with Crippen LogP contribution in [0.25, 0.3) is 0 Å². The van der Waals surface area contributed by atoms with Crippen LogP contribution in [-0.2, 0) is 22.3 Å². The summed E-state index contributed by atoms with van der Waals surface area (Å²) in [6.45, 7) is 8.67. The van der Waals surface area contributed by atoms with Crippen molar-refractivity contribution in [3.8, 4) is 0 Å². The van der Waals surface area contributed by atoms with E-state index in [4.69, 9.17) is 9.47 Å². The summed E-state index contributed by atoms with van der Waals surface area (Å²) in [6, 6.07) is 0. The molecule has 0 aliphatic heterocycles. The van der Waals surface area contributed by atoms with Gasteiger partial charge in [0.15, 0.2) is 5.96 Å². The van der Waals surface area contributed by atoms with Gasteiger partial charge in [0.05, 0.1) is 18.2 Å². The number of aromatic nitrogens is 1. The molecule has 0 aliphatic carbocycles. The van der Waals surface area contributed by atoms with Gasteiger partial charge in [0.25, 0.3) is 0 Å². The molecule has 0 fully saturated rings. The standard InChI is InChI=1S/C16H30N4O2S/c1-4-14-13-20-15(23-14)7-9-19-16(17-5-2)18-8-6-10-22-12-11-21-3/h13H,4-12H2,1-3H3,(H2,17,18,19). The lowest BCUT2D eigenvalue weighted by Gasteiger charge is -2.10. The highest BCUT2D eigenvalue weighted by Gasteiger charge is 2.02. The van der Waals surface area contributed by atoms with E-state index in [0.29, 0.717) is 19.8 Å². The Labute approximate surface area is 143 Å². The third-order valence-corrected chi connectivity index (χ3v) is 4.28. The van der Waals surface area contributed by atoms with E-state index in [2.05, 4.69) is 34.5 Å². The molecule has 2 N–H and O–H groups in total. The summed E-state index contributed by atoms with van der Waals surface area (Å²) in [7, 11) is 1.68. The summed E-state index contributed by atoms with van der Waals surface area (Å²) in [5, 5.41) is 7.79. The average Bonchev–Trinajstić information content (AvgIpc) is 3.02. The summed E-state index contributed by atoms with van der Waals surface area (Å²) >= 11 is 1.79. The molecule has 1 aromatic rings. The van der Waals surface area contributed by atoms with E-state index in [-0.39, 0.29) is 0 Å². The van der Waals surface area contributed by atoms with E-state index in [1.54, 1.807) is 18.4 Å². The van der Waals surface area contributed by atoms with Crippen LogP contribution in [0.1, 0.15) is 30.2 Å². The molecule has 1 aromatic heterocycles. The molecule has 0 saturated carbocycles. The molecule has 7 heteroatoms. The molecule has 0 spiro atoms. The van der Waals surface area contributed by atoms with Gasteiger partial charge >= 0.3 is 0 Å². The number of aliphatic imine (C=N–C) groups is 1. The van der Waals surface area contributed by atoms with E-state index < -0.39 is 0 Å². The van der Waals surface area contributed by atoms with Gasteiger partial charge < -0.3 is 20.1 Å². The van der Waals surface area contributed by atoms with Crippen LogP contribution >= 0.6 is 11.3 Å². The minimum Gasteiger partial charge on any atom is -0.382 e. The molecule has 0 atom stereocenters. The van der Waals surface area contributed by atoms with Gasteiger partial charge in [0, 0.05) is 50.8 Å². The lowest BCUT2D eigenvalue weighted by Crippen LogP contribution is -2.38. The number of nitrogens with one attached hydrogen (secondary N) is 2. The summed E-state index contributed by atoms with van der Waals surface area (Å²) in [5.74, 6) is 0.858. The summed E-state index contributed by atoms with van der Waals surface area (Å²) in [5.41, 5.74) is 0. The second-order valence-corrected chi connectivity index (χ2v) is 6.17. The molecule has 0 amide bonds. The van der Waals surface area contributed by atoms with Crippen LogP contribution in [0.2, 0.25) is 0 Å². The van der Waals surface area contributed by atoms with Crippen molar-refractivity contribution in [2.24, 2.45) is 4.99 Å². The molecule has 1 heterocycles. The Hall–Kier alpha value is -1.18. The van der Waals surface area contributed by atoms with E-state index in [1.807, 2.05) is 6.20 Å². The fraction of sp³-hybridized carbons (Fsp3) is 0.750. The molecular weight excluding hydrogens is 312 g/mol. The Morgan fingerprint density at radius 1 is 1.26 bits per heavy atom. The van der Waals surface area contributed by atoms with Gasteiger partial charge in [-0.05, 0) is 19.8 Å². The van der Waals surface area contributed by atoms with Crippen molar-refractivity contribution in [1.29, 1.82) is 0 Å². The van der Waals surface area contributed by atoms with Crippen LogP contribution in [0, 0.1) is 0 Å². The first kappa shape index (κ1) is 19.9. The molecule has 0 unspecified atom stereocenters. The van der Waals surface area contributed by atoms with Crippen LogP contribution in [0.15, 0.2) is 11.2 Å². The third-order valence-electron chi connectivity index (χ3n) is 3.07. The molecule has 0 aromatic carbocycles. The van der Waals surface area contributed by atoms with Gasteiger partial charge in [0.2, 0.25) is 0 Å². The molecule has 0 bridgehead atoms. The highest BCUT2D eigenvalue weighted by Crippen LogP contribution is 2.13. The van der Waals surface area contributed by atoms with E-state index >= 15 is 0 Å². The summed E-state index contributed by atoms with van der Waals surface area (Å²) < 4.78 is 10.4. The van der Waals surface area contributed by atoms with Gasteiger partial charge in [-0.25, -0.2) is 4.98 Å². The van der Waals surface area contributed by atoms with Crippen molar-refractivity contribution in [1.82, 2.24) is 15.6 Å². The molecular formula is C16H30N4O2S. The number of nitrogens with zero attached hydrogens (tertiary/aromatic N) is 2. The van der Waals surface area contributed by atoms with Crippen molar-refractivity contribution >= 4 is 17.3 Å². The lowest BCUT2D eigenvalue weighted by atomic mass is 10.4. The van der Waals surface area contributed by atoms with E-state index in [0.717, 1.165) is 44.9 Å². The first-order valence-electron chi connectivity index (χ1n) is 8.32. The predicted molar refractivity (Wildman–Crippen MR) is 96.5 cm³/mol. The zero-order valence-electron chi connectivity index (χ0n) is 14.6. The minimum absolute atomic E-state index is 0.643. The fourth-order valence-electron chi connectivity index (χ4n) is 1.86. The maximum atomic E-state index is 5.43. The SMILES string of the molecule is CCNC(=NCCCOCCOC)NCCc1ncc(CC)s1. The number of rotatable bonds is 12. The number of hydrogen-bond acceptors (Lipinski definition) is 5. The maximum absolute atomic E-state index is 5.43. The van der Waals surface area contributed by atoms with E-state index in [9.17, 15) is 0 Å². The monoisotopic (exact) mass is 342 g/mol. The Morgan fingerprint density at radius 2 is 2.13 bits per heavy atom. The lowest BCUT2D eigenvalue weighted by molar-refractivity contribution is 0.0702. The van der Waals surface area contributed by atoms with Crippen LogP contribution < -0.4 is 10.6 Å². The molecule has 1 rings (SSSR count). The Kier molecular flexibility index (Phi) is 11.5. The maximum Gasteiger partial charge on any atom is 0.191 e. The van der Waals surface area contributed by atoms with Crippen molar-refractivity contribution in [3.63, 3.8) is 0 Å². The van der Waals surface area contributed by atoms with Crippen molar-refractivity contribution in [2.75, 3.05) is 46.6 Å². The van der Waals surface area contributed by atoms with Crippen LogP contribution in [0.3, 0.4) is 0 Å². The summed E-state index contributed by atoms with van der Waals surface area (Å²) in [4.78, 5) is 10.3. The van der Waals surface area contributed by atoms with Crippen molar-refractivity contribution < 1.29 is 9.47 Å².